The summed E-state index contributed by atoms with van der Waals surface area (Å²) in [6.07, 6.45) is 0. The highest BCUT2D eigenvalue weighted by Crippen LogP contribution is 2.19. The molecule has 0 bridgehead atoms. The first-order valence-electron chi connectivity index (χ1n) is 5.35. The molecule has 0 heterocycles. The van der Waals surface area contributed by atoms with Crippen LogP contribution in [0.5, 0.6) is 0 Å². The first-order valence-corrected chi connectivity index (χ1v) is 6.15. The van der Waals surface area contributed by atoms with Crippen LogP contribution in [0.25, 0.3) is 0 Å². The smallest absolute Gasteiger partial charge is 0.319 e. The molecule has 0 fully saturated rings. The Bertz CT molecular complexity index is 396. The van der Waals surface area contributed by atoms with E-state index in [0.29, 0.717) is 6.61 Å². The molecule has 0 aliphatic heterocycles. The molecular weight excluding hydrogens is 284 g/mol. The molecule has 1 unspecified atom stereocenters. The van der Waals surface area contributed by atoms with Crippen molar-refractivity contribution in [1.82, 2.24) is 5.32 Å². The summed E-state index contributed by atoms with van der Waals surface area (Å²) >= 11 is 3.38. The van der Waals surface area contributed by atoms with Crippen LogP contribution in [0.4, 0.5) is 10.5 Å². The standard InChI is InChI=1S/C12H17BrN2O2/c1-8-6-10(13)4-5-11(8)15-12(16)14-9(2)7-17-3/h4-6,9H,7H2,1-3H3,(H2,14,15,16). The lowest BCUT2D eigenvalue weighted by molar-refractivity contribution is 0.173. The second-order valence-electron chi connectivity index (χ2n) is 3.91. The van der Waals surface area contributed by atoms with Gasteiger partial charge in [0.25, 0.3) is 0 Å². The number of carbonyl (C=O) groups excluding carboxylic acids is 1. The molecule has 17 heavy (non-hydrogen) atoms. The SMILES string of the molecule is COCC(C)NC(=O)Nc1ccc(Br)cc1C. The molecule has 2 amide bonds. The lowest BCUT2D eigenvalue weighted by atomic mass is 10.2. The van der Waals surface area contributed by atoms with E-state index >= 15 is 0 Å². The predicted octanol–water partition coefficient (Wildman–Crippen LogP) is 2.91. The monoisotopic (exact) mass is 300 g/mol. The van der Waals surface area contributed by atoms with E-state index < -0.39 is 0 Å². The molecule has 1 atom stereocenters. The van der Waals surface area contributed by atoms with Crippen molar-refractivity contribution >= 4 is 27.6 Å². The first-order chi connectivity index (χ1) is 8.02. The third-order valence-corrected chi connectivity index (χ3v) is 2.72. The number of amides is 2. The minimum atomic E-state index is -0.222. The number of urea groups is 1. The van der Waals surface area contributed by atoms with E-state index in [4.69, 9.17) is 4.74 Å². The lowest BCUT2D eigenvalue weighted by Crippen LogP contribution is -2.38. The van der Waals surface area contributed by atoms with Gasteiger partial charge in [-0.3, -0.25) is 0 Å². The second-order valence-corrected chi connectivity index (χ2v) is 4.83. The summed E-state index contributed by atoms with van der Waals surface area (Å²) in [6.45, 7) is 4.32. The Morgan fingerprint density at radius 2 is 2.24 bits per heavy atom. The number of ether oxygens (including phenoxy) is 1. The normalized spacial score (nSPS) is 12.0. The number of benzene rings is 1. The van der Waals surface area contributed by atoms with Crippen LogP contribution in [-0.2, 0) is 4.74 Å². The Balaban J connectivity index is 2.56. The Labute approximate surface area is 110 Å². The zero-order valence-electron chi connectivity index (χ0n) is 10.2. The van der Waals surface area contributed by atoms with Crippen LogP contribution in [0.15, 0.2) is 22.7 Å². The number of nitrogens with one attached hydrogen (secondary N) is 2. The molecule has 0 aliphatic carbocycles. The summed E-state index contributed by atoms with van der Waals surface area (Å²) < 4.78 is 5.94. The molecule has 0 aromatic heterocycles. The van der Waals surface area contributed by atoms with Gasteiger partial charge in [-0.1, -0.05) is 15.9 Å². The summed E-state index contributed by atoms with van der Waals surface area (Å²) in [4.78, 5) is 11.6. The van der Waals surface area contributed by atoms with Crippen molar-refractivity contribution in [2.24, 2.45) is 0 Å². The van der Waals surface area contributed by atoms with E-state index in [0.717, 1.165) is 15.7 Å². The quantitative estimate of drug-likeness (QED) is 0.898. The number of anilines is 1. The van der Waals surface area contributed by atoms with Gasteiger partial charge in [-0.25, -0.2) is 4.79 Å². The fraction of sp³-hybridized carbons (Fsp3) is 0.417. The fourth-order valence-corrected chi connectivity index (χ4v) is 1.92. The zero-order chi connectivity index (χ0) is 12.8. The maximum atomic E-state index is 11.6. The molecule has 0 saturated heterocycles. The fourth-order valence-electron chi connectivity index (χ4n) is 1.44. The maximum absolute atomic E-state index is 11.6. The zero-order valence-corrected chi connectivity index (χ0v) is 11.8. The van der Waals surface area contributed by atoms with Crippen molar-refractivity contribution < 1.29 is 9.53 Å². The van der Waals surface area contributed by atoms with Crippen LogP contribution in [-0.4, -0.2) is 25.8 Å². The molecule has 4 nitrogen and oxygen atoms in total. The van der Waals surface area contributed by atoms with E-state index in [9.17, 15) is 4.79 Å². The first kappa shape index (κ1) is 14.0. The predicted molar refractivity (Wildman–Crippen MR) is 72.4 cm³/mol. The summed E-state index contributed by atoms with van der Waals surface area (Å²) in [7, 11) is 1.61. The van der Waals surface area contributed by atoms with Gasteiger partial charge in [0.2, 0.25) is 0 Å². The summed E-state index contributed by atoms with van der Waals surface area (Å²) in [5, 5.41) is 5.58. The molecule has 1 aromatic carbocycles. The molecule has 0 radical (unpaired) electrons. The number of hydrogen-bond donors (Lipinski definition) is 2. The average Bonchev–Trinajstić information content (AvgIpc) is 2.22. The largest absolute Gasteiger partial charge is 0.383 e. The highest BCUT2D eigenvalue weighted by atomic mass is 79.9. The highest BCUT2D eigenvalue weighted by Gasteiger charge is 2.08. The highest BCUT2D eigenvalue weighted by molar-refractivity contribution is 9.10. The summed E-state index contributed by atoms with van der Waals surface area (Å²) in [5.74, 6) is 0. The molecule has 0 spiro atoms. The molecule has 1 aromatic rings. The van der Waals surface area contributed by atoms with E-state index in [-0.39, 0.29) is 12.1 Å². The Morgan fingerprint density at radius 1 is 1.53 bits per heavy atom. The number of halogens is 1. The number of methoxy groups -OCH3 is 1. The number of hydrogen-bond acceptors (Lipinski definition) is 2. The minimum absolute atomic E-state index is 0.0178. The van der Waals surface area contributed by atoms with Crippen LogP contribution in [0, 0.1) is 6.92 Å². The van der Waals surface area contributed by atoms with Gasteiger partial charge in [0, 0.05) is 17.3 Å². The van der Waals surface area contributed by atoms with Crippen LogP contribution in [0.1, 0.15) is 12.5 Å². The second kappa shape index (κ2) is 6.61. The minimum Gasteiger partial charge on any atom is -0.383 e. The van der Waals surface area contributed by atoms with Gasteiger partial charge in [-0.2, -0.15) is 0 Å². The van der Waals surface area contributed by atoms with Gasteiger partial charge >= 0.3 is 6.03 Å². The van der Waals surface area contributed by atoms with Gasteiger partial charge in [0.15, 0.2) is 0 Å². The average molecular weight is 301 g/mol. The van der Waals surface area contributed by atoms with Crippen LogP contribution >= 0.6 is 15.9 Å². The molecule has 0 aliphatic rings. The molecule has 1 rings (SSSR count). The van der Waals surface area contributed by atoms with Crippen LogP contribution in [0.2, 0.25) is 0 Å². The van der Waals surface area contributed by atoms with Gasteiger partial charge in [-0.05, 0) is 37.6 Å². The third-order valence-electron chi connectivity index (χ3n) is 2.23. The van der Waals surface area contributed by atoms with Crippen LogP contribution in [0.3, 0.4) is 0 Å². The van der Waals surface area contributed by atoms with Gasteiger partial charge < -0.3 is 15.4 Å². The Hall–Kier alpha value is -1.07. The lowest BCUT2D eigenvalue weighted by Gasteiger charge is -2.14. The molecular formula is C12H17BrN2O2. The molecule has 5 heteroatoms. The number of aryl methyl sites for hydroxylation is 1. The van der Waals surface area contributed by atoms with Crippen molar-refractivity contribution in [3.8, 4) is 0 Å². The van der Waals surface area contributed by atoms with E-state index in [1.165, 1.54) is 0 Å². The summed E-state index contributed by atoms with van der Waals surface area (Å²) in [5.41, 5.74) is 1.81. The topological polar surface area (TPSA) is 50.4 Å². The maximum Gasteiger partial charge on any atom is 0.319 e. The Morgan fingerprint density at radius 3 is 2.82 bits per heavy atom. The van der Waals surface area contributed by atoms with Crippen molar-refractivity contribution in [3.63, 3.8) is 0 Å². The van der Waals surface area contributed by atoms with Gasteiger partial charge in [0.1, 0.15) is 0 Å². The third kappa shape index (κ3) is 4.75. The number of rotatable bonds is 4. The van der Waals surface area contributed by atoms with Crippen molar-refractivity contribution in [2.45, 2.75) is 19.9 Å². The van der Waals surface area contributed by atoms with Gasteiger partial charge in [0.05, 0.1) is 12.6 Å². The van der Waals surface area contributed by atoms with E-state index in [2.05, 4.69) is 26.6 Å². The van der Waals surface area contributed by atoms with Crippen molar-refractivity contribution in [1.29, 1.82) is 0 Å². The summed E-state index contributed by atoms with van der Waals surface area (Å²) in [6, 6.07) is 5.46. The molecule has 0 saturated carbocycles. The van der Waals surface area contributed by atoms with Crippen molar-refractivity contribution in [2.75, 3.05) is 19.0 Å². The van der Waals surface area contributed by atoms with E-state index in [1.807, 2.05) is 32.0 Å². The van der Waals surface area contributed by atoms with Crippen molar-refractivity contribution in [3.05, 3.63) is 28.2 Å². The van der Waals surface area contributed by atoms with Gasteiger partial charge in [-0.15, -0.1) is 0 Å². The van der Waals surface area contributed by atoms with Crippen LogP contribution < -0.4 is 10.6 Å². The molecule has 2 N–H and O–H groups in total. The number of carbonyl (C=O) groups is 1. The molecule has 94 valence electrons. The van der Waals surface area contributed by atoms with E-state index in [1.54, 1.807) is 7.11 Å². The Kier molecular flexibility index (Phi) is 5.44.